The van der Waals surface area contributed by atoms with Crippen molar-refractivity contribution in [3.8, 4) is 0 Å². The van der Waals surface area contributed by atoms with E-state index in [1.54, 1.807) is 0 Å². The highest BCUT2D eigenvalue weighted by Gasteiger charge is 2.15. The number of nitrogens with two attached hydrogens (primary N) is 1. The Hall–Kier alpha value is -0.650. The summed E-state index contributed by atoms with van der Waals surface area (Å²) < 4.78 is 0. The summed E-state index contributed by atoms with van der Waals surface area (Å²) in [5, 5.41) is 0. The van der Waals surface area contributed by atoms with Crippen LogP contribution in [0.2, 0.25) is 0 Å². The Morgan fingerprint density at radius 1 is 1.06 bits per heavy atom. The largest absolute Gasteiger partial charge is 0.301 e. The molecule has 5 heteroatoms. The van der Waals surface area contributed by atoms with Crippen molar-refractivity contribution in [2.24, 2.45) is 5.84 Å². The number of hydrogen-bond donors (Lipinski definition) is 2. The van der Waals surface area contributed by atoms with Gasteiger partial charge in [0.05, 0.1) is 0 Å². The molecule has 0 unspecified atom stereocenters. The Balaban J connectivity index is 1.96. The second-order valence-electron chi connectivity index (χ2n) is 5.06. The lowest BCUT2D eigenvalue weighted by molar-refractivity contribution is -0.121. The SMILES string of the molecule is CCCN1CCN(CCCCCC(=O)NN)CC1. The van der Waals surface area contributed by atoms with Gasteiger partial charge in [0.25, 0.3) is 0 Å². The molecule has 1 aliphatic rings. The third kappa shape index (κ3) is 6.33. The molecule has 0 radical (unpaired) electrons. The van der Waals surface area contributed by atoms with Gasteiger partial charge in [0.15, 0.2) is 0 Å². The Kier molecular flexibility index (Phi) is 7.96. The van der Waals surface area contributed by atoms with Crippen molar-refractivity contribution in [1.29, 1.82) is 0 Å². The van der Waals surface area contributed by atoms with Gasteiger partial charge in [-0.1, -0.05) is 13.3 Å². The average Bonchev–Trinajstić information content (AvgIpc) is 2.40. The number of nitrogens with one attached hydrogen (secondary N) is 1. The van der Waals surface area contributed by atoms with Gasteiger partial charge in [-0.3, -0.25) is 10.2 Å². The van der Waals surface area contributed by atoms with E-state index in [1.165, 1.54) is 52.1 Å². The van der Waals surface area contributed by atoms with E-state index in [0.29, 0.717) is 6.42 Å². The fraction of sp³-hybridized carbons (Fsp3) is 0.923. The summed E-state index contributed by atoms with van der Waals surface area (Å²) in [6.45, 7) is 9.47. The zero-order chi connectivity index (χ0) is 13.2. The van der Waals surface area contributed by atoms with Crippen LogP contribution in [0.25, 0.3) is 0 Å². The molecule has 0 saturated carbocycles. The maximum atomic E-state index is 10.9. The first-order valence-electron chi connectivity index (χ1n) is 7.20. The molecular weight excluding hydrogens is 228 g/mol. The third-order valence-electron chi connectivity index (χ3n) is 3.54. The molecule has 0 aromatic carbocycles. The molecule has 0 aliphatic carbocycles. The van der Waals surface area contributed by atoms with Crippen molar-refractivity contribution in [2.45, 2.75) is 39.0 Å². The maximum Gasteiger partial charge on any atom is 0.233 e. The molecule has 1 aliphatic heterocycles. The first-order chi connectivity index (χ1) is 8.76. The van der Waals surface area contributed by atoms with Gasteiger partial charge >= 0.3 is 0 Å². The van der Waals surface area contributed by atoms with Gasteiger partial charge in [0.2, 0.25) is 5.91 Å². The highest BCUT2D eigenvalue weighted by Crippen LogP contribution is 2.06. The number of hydrogen-bond acceptors (Lipinski definition) is 4. The fourth-order valence-corrected chi connectivity index (χ4v) is 2.42. The second kappa shape index (κ2) is 9.30. The summed E-state index contributed by atoms with van der Waals surface area (Å²) in [5.41, 5.74) is 2.17. The van der Waals surface area contributed by atoms with E-state index in [4.69, 9.17) is 5.84 Å². The molecule has 1 fully saturated rings. The summed E-state index contributed by atoms with van der Waals surface area (Å²) in [5.74, 6) is 4.98. The van der Waals surface area contributed by atoms with Crippen molar-refractivity contribution < 1.29 is 4.79 Å². The monoisotopic (exact) mass is 256 g/mol. The minimum atomic E-state index is -0.0526. The molecule has 3 N–H and O–H groups in total. The van der Waals surface area contributed by atoms with Gasteiger partial charge in [-0.05, 0) is 32.4 Å². The number of rotatable bonds is 8. The predicted molar refractivity (Wildman–Crippen MR) is 74.0 cm³/mol. The van der Waals surface area contributed by atoms with E-state index in [9.17, 15) is 4.79 Å². The van der Waals surface area contributed by atoms with Crippen LogP contribution in [-0.4, -0.2) is 55.0 Å². The van der Waals surface area contributed by atoms with Gasteiger partial charge in [0, 0.05) is 32.6 Å². The second-order valence-corrected chi connectivity index (χ2v) is 5.06. The van der Waals surface area contributed by atoms with Crippen LogP contribution >= 0.6 is 0 Å². The van der Waals surface area contributed by atoms with Crippen LogP contribution in [0.1, 0.15) is 39.0 Å². The van der Waals surface area contributed by atoms with Crippen LogP contribution in [0.15, 0.2) is 0 Å². The average molecular weight is 256 g/mol. The van der Waals surface area contributed by atoms with E-state index in [-0.39, 0.29) is 5.91 Å². The number of unbranched alkanes of at least 4 members (excludes halogenated alkanes) is 2. The Morgan fingerprint density at radius 3 is 2.22 bits per heavy atom. The lowest BCUT2D eigenvalue weighted by Crippen LogP contribution is -2.46. The first-order valence-corrected chi connectivity index (χ1v) is 7.20. The fourth-order valence-electron chi connectivity index (χ4n) is 2.42. The first kappa shape index (κ1) is 15.4. The highest BCUT2D eigenvalue weighted by molar-refractivity contribution is 5.74. The molecule has 1 heterocycles. The lowest BCUT2D eigenvalue weighted by atomic mass is 10.1. The number of piperazine rings is 1. The van der Waals surface area contributed by atoms with E-state index in [0.717, 1.165) is 12.8 Å². The smallest absolute Gasteiger partial charge is 0.233 e. The minimum absolute atomic E-state index is 0.0526. The molecular formula is C13H28N4O. The number of carbonyl (C=O) groups excluding carboxylic acids is 1. The molecule has 0 atom stereocenters. The summed E-state index contributed by atoms with van der Waals surface area (Å²) in [7, 11) is 0. The van der Waals surface area contributed by atoms with Crippen molar-refractivity contribution in [3.05, 3.63) is 0 Å². The Bertz CT molecular complexity index is 227. The molecule has 1 rings (SSSR count). The molecule has 18 heavy (non-hydrogen) atoms. The summed E-state index contributed by atoms with van der Waals surface area (Å²) in [4.78, 5) is 16.0. The molecule has 0 aromatic rings. The minimum Gasteiger partial charge on any atom is -0.301 e. The summed E-state index contributed by atoms with van der Waals surface area (Å²) >= 11 is 0. The number of hydrazine groups is 1. The lowest BCUT2D eigenvalue weighted by Gasteiger charge is -2.34. The van der Waals surface area contributed by atoms with Crippen LogP contribution in [-0.2, 0) is 4.79 Å². The van der Waals surface area contributed by atoms with Gasteiger partial charge in [-0.25, -0.2) is 5.84 Å². The van der Waals surface area contributed by atoms with Gasteiger partial charge in [0.1, 0.15) is 0 Å². The number of carbonyl (C=O) groups is 1. The molecule has 0 aromatic heterocycles. The molecule has 0 spiro atoms. The van der Waals surface area contributed by atoms with E-state index < -0.39 is 0 Å². The summed E-state index contributed by atoms with van der Waals surface area (Å²) in [6, 6.07) is 0. The Labute approximate surface area is 111 Å². The van der Waals surface area contributed by atoms with Gasteiger partial charge in [-0.2, -0.15) is 0 Å². The normalized spacial score (nSPS) is 17.9. The quantitative estimate of drug-likeness (QED) is 0.288. The standard InChI is InChI=1S/C13H28N4O/c1-2-7-16-9-11-17(12-10-16)8-5-3-4-6-13(18)15-14/h2-12,14H2,1H3,(H,15,18). The van der Waals surface area contributed by atoms with Gasteiger partial charge in [-0.15, -0.1) is 0 Å². The van der Waals surface area contributed by atoms with E-state index in [1.807, 2.05) is 0 Å². The van der Waals surface area contributed by atoms with Crippen molar-refractivity contribution >= 4 is 5.91 Å². The van der Waals surface area contributed by atoms with E-state index in [2.05, 4.69) is 22.1 Å². The summed E-state index contributed by atoms with van der Waals surface area (Å²) in [6.07, 6.45) is 5.05. The molecule has 0 bridgehead atoms. The van der Waals surface area contributed by atoms with Crippen LogP contribution < -0.4 is 11.3 Å². The van der Waals surface area contributed by atoms with Crippen molar-refractivity contribution in [1.82, 2.24) is 15.2 Å². The zero-order valence-corrected chi connectivity index (χ0v) is 11.7. The number of nitrogens with zero attached hydrogens (tertiary/aromatic N) is 2. The predicted octanol–water partition coefficient (Wildman–Crippen LogP) is 0.564. The van der Waals surface area contributed by atoms with E-state index >= 15 is 0 Å². The van der Waals surface area contributed by atoms with Gasteiger partial charge < -0.3 is 9.80 Å². The van der Waals surface area contributed by atoms with Crippen LogP contribution in [0, 0.1) is 0 Å². The topological polar surface area (TPSA) is 61.6 Å². The van der Waals surface area contributed by atoms with Crippen LogP contribution in [0.3, 0.4) is 0 Å². The maximum absolute atomic E-state index is 10.9. The number of amides is 1. The van der Waals surface area contributed by atoms with Crippen molar-refractivity contribution in [3.63, 3.8) is 0 Å². The molecule has 1 saturated heterocycles. The zero-order valence-electron chi connectivity index (χ0n) is 11.7. The molecule has 5 nitrogen and oxygen atoms in total. The third-order valence-corrected chi connectivity index (χ3v) is 3.54. The van der Waals surface area contributed by atoms with Crippen molar-refractivity contribution in [2.75, 3.05) is 39.3 Å². The van der Waals surface area contributed by atoms with Crippen LogP contribution in [0.4, 0.5) is 0 Å². The highest BCUT2D eigenvalue weighted by atomic mass is 16.2. The van der Waals surface area contributed by atoms with Crippen LogP contribution in [0.5, 0.6) is 0 Å². The molecule has 106 valence electrons. The Morgan fingerprint density at radius 2 is 1.67 bits per heavy atom. The molecule has 1 amide bonds.